The fourth-order valence-electron chi connectivity index (χ4n) is 4.81. The number of carboxylic acids is 1. The van der Waals surface area contributed by atoms with Crippen LogP contribution in [0.4, 0.5) is 5.69 Å². The van der Waals surface area contributed by atoms with Crippen LogP contribution in [0.1, 0.15) is 62.1 Å². The molecule has 1 aliphatic heterocycles. The van der Waals surface area contributed by atoms with E-state index in [1.165, 1.54) is 40.3 Å². The van der Waals surface area contributed by atoms with Gasteiger partial charge >= 0.3 is 5.97 Å². The number of hydrogen-bond acceptors (Lipinski definition) is 5. The van der Waals surface area contributed by atoms with Crippen molar-refractivity contribution >= 4 is 17.6 Å². The Hall–Kier alpha value is -2.32. The lowest BCUT2D eigenvalue weighted by Crippen LogP contribution is -2.48. The monoisotopic (exact) mass is 430 g/mol. The van der Waals surface area contributed by atoms with Gasteiger partial charge in [0.2, 0.25) is 5.96 Å². The zero-order valence-corrected chi connectivity index (χ0v) is 18.9. The molecule has 0 aromatic heterocycles. The first-order valence-electron chi connectivity index (χ1n) is 11.5. The summed E-state index contributed by atoms with van der Waals surface area (Å²) in [6.45, 7) is 3.86. The van der Waals surface area contributed by atoms with Crippen molar-refractivity contribution in [3.05, 3.63) is 28.8 Å². The summed E-state index contributed by atoms with van der Waals surface area (Å²) in [7, 11) is 1.69. The van der Waals surface area contributed by atoms with Crippen molar-refractivity contribution in [1.82, 2.24) is 10.5 Å². The van der Waals surface area contributed by atoms with Crippen LogP contribution < -0.4 is 21.9 Å². The van der Waals surface area contributed by atoms with Gasteiger partial charge in [-0.1, -0.05) is 13.0 Å². The number of carbonyl (C=O) groups is 1. The molecule has 0 spiro atoms. The topological polar surface area (TPSA) is 120 Å². The summed E-state index contributed by atoms with van der Waals surface area (Å²) >= 11 is 0. The summed E-state index contributed by atoms with van der Waals surface area (Å²) in [5.74, 6) is 5.42. The maximum absolute atomic E-state index is 11.1. The van der Waals surface area contributed by atoms with Crippen LogP contribution in [0.3, 0.4) is 0 Å². The molecule has 0 saturated heterocycles. The fraction of sp³-hybridized carbons (Fsp3) is 0.652. The van der Waals surface area contributed by atoms with E-state index < -0.39 is 5.97 Å². The van der Waals surface area contributed by atoms with Crippen LogP contribution in [-0.4, -0.2) is 48.3 Å². The minimum absolute atomic E-state index is 0.152. The van der Waals surface area contributed by atoms with Gasteiger partial charge in [-0.3, -0.25) is 16.1 Å². The number of nitrogens with two attached hydrogens (primary N) is 2. The van der Waals surface area contributed by atoms with E-state index in [1.54, 1.807) is 7.05 Å². The van der Waals surface area contributed by atoms with Gasteiger partial charge in [0.1, 0.15) is 0 Å². The number of carboxylic acid groups (broad SMARTS) is 1. The van der Waals surface area contributed by atoms with E-state index in [4.69, 9.17) is 16.7 Å². The van der Waals surface area contributed by atoms with Gasteiger partial charge in [-0.05, 0) is 80.0 Å². The van der Waals surface area contributed by atoms with Crippen LogP contribution in [0.25, 0.3) is 0 Å². The highest BCUT2D eigenvalue weighted by atomic mass is 16.4. The molecule has 172 valence electrons. The van der Waals surface area contributed by atoms with E-state index >= 15 is 0 Å². The van der Waals surface area contributed by atoms with Gasteiger partial charge in [0.15, 0.2) is 0 Å². The van der Waals surface area contributed by atoms with Gasteiger partial charge in [0.05, 0.1) is 6.04 Å². The molecular formula is C23H38N6O2. The molecule has 2 aliphatic rings. The van der Waals surface area contributed by atoms with E-state index in [-0.39, 0.29) is 18.4 Å². The van der Waals surface area contributed by atoms with Gasteiger partial charge in [-0.2, -0.15) is 5.12 Å². The summed E-state index contributed by atoms with van der Waals surface area (Å²) in [6.07, 6.45) is 8.56. The Morgan fingerprint density at radius 1 is 1.26 bits per heavy atom. The third-order valence-electron chi connectivity index (χ3n) is 6.37. The second-order valence-electron chi connectivity index (χ2n) is 9.15. The van der Waals surface area contributed by atoms with Crippen LogP contribution in [0.15, 0.2) is 17.1 Å². The number of hydrazine groups is 2. The average molecular weight is 431 g/mol. The number of anilines is 1. The number of nitrogens with zero attached hydrogens (tertiary/aromatic N) is 3. The van der Waals surface area contributed by atoms with Crippen molar-refractivity contribution in [2.24, 2.45) is 22.5 Å². The Balaban J connectivity index is 1.79. The van der Waals surface area contributed by atoms with Crippen molar-refractivity contribution in [3.8, 4) is 0 Å². The first-order valence-corrected chi connectivity index (χ1v) is 11.5. The molecule has 1 aromatic carbocycles. The molecule has 0 radical (unpaired) electrons. The second kappa shape index (κ2) is 10.8. The normalized spacial score (nSPS) is 20.5. The Kier molecular flexibility index (Phi) is 8.15. The summed E-state index contributed by atoms with van der Waals surface area (Å²) in [4.78, 5) is 18.2. The molecule has 0 amide bonds. The highest BCUT2D eigenvalue weighted by Gasteiger charge is 2.22. The molecule has 1 heterocycles. The number of aryl methyl sites for hydroxylation is 3. The minimum atomic E-state index is -0.717. The van der Waals surface area contributed by atoms with Gasteiger partial charge in [0.25, 0.3) is 0 Å². The maximum atomic E-state index is 11.1. The Morgan fingerprint density at radius 2 is 2.00 bits per heavy atom. The van der Waals surface area contributed by atoms with E-state index in [2.05, 4.69) is 27.5 Å². The zero-order chi connectivity index (χ0) is 22.4. The smallest absolute Gasteiger partial charge is 0.303 e. The molecule has 8 heteroatoms. The Bertz CT molecular complexity index is 795. The molecule has 0 fully saturated rings. The van der Waals surface area contributed by atoms with E-state index in [0.717, 1.165) is 51.6 Å². The number of benzene rings is 1. The molecular weight excluding hydrogens is 392 g/mol. The lowest BCUT2D eigenvalue weighted by molar-refractivity contribution is -0.138. The van der Waals surface area contributed by atoms with E-state index in [9.17, 15) is 4.79 Å². The van der Waals surface area contributed by atoms with Crippen LogP contribution in [0.5, 0.6) is 0 Å². The van der Waals surface area contributed by atoms with Gasteiger partial charge in [-0.25, -0.2) is 4.99 Å². The van der Waals surface area contributed by atoms with Gasteiger partial charge in [0, 0.05) is 32.2 Å². The number of nitrogens with one attached hydrogen (secondary N) is 1. The predicted molar refractivity (Wildman–Crippen MR) is 125 cm³/mol. The molecule has 2 atom stereocenters. The standard InChI is InChI=1S/C23H38N6O2/c1-16(13-22(30)31)10-12-29-11-4-7-20(26-23(24)27-28(2)25)9-8-19-14-17-5-3-6-18(17)15-21(19)29/h14-16,20H,3-13,25H2,1-2H3,(H,30,31)(H3,24,26,27). The van der Waals surface area contributed by atoms with Crippen LogP contribution in [0.2, 0.25) is 0 Å². The fourth-order valence-corrected chi connectivity index (χ4v) is 4.81. The summed E-state index contributed by atoms with van der Waals surface area (Å²) in [5, 5.41) is 10.4. The summed E-state index contributed by atoms with van der Waals surface area (Å²) in [6, 6.07) is 4.97. The molecule has 1 aliphatic carbocycles. The number of rotatable bonds is 7. The second-order valence-corrected chi connectivity index (χ2v) is 9.15. The highest BCUT2D eigenvalue weighted by molar-refractivity contribution is 5.77. The number of aliphatic imine (C=N–C) groups is 1. The molecule has 31 heavy (non-hydrogen) atoms. The van der Waals surface area contributed by atoms with Crippen molar-refractivity contribution in [2.45, 2.75) is 70.8 Å². The molecule has 0 bridgehead atoms. The number of hydrogen-bond donors (Lipinski definition) is 4. The minimum Gasteiger partial charge on any atom is -0.481 e. The first-order chi connectivity index (χ1) is 14.8. The number of guanidine groups is 1. The van der Waals surface area contributed by atoms with Gasteiger partial charge < -0.3 is 15.7 Å². The van der Waals surface area contributed by atoms with Crippen LogP contribution >= 0.6 is 0 Å². The predicted octanol–water partition coefficient (Wildman–Crippen LogP) is 2.20. The summed E-state index contributed by atoms with van der Waals surface area (Å²) in [5.41, 5.74) is 14.5. The van der Waals surface area contributed by atoms with Crippen LogP contribution in [0, 0.1) is 5.92 Å². The first kappa shape index (κ1) is 23.3. The average Bonchev–Trinajstić information content (AvgIpc) is 3.15. The third kappa shape index (κ3) is 6.83. The van der Waals surface area contributed by atoms with Crippen molar-refractivity contribution < 1.29 is 9.90 Å². The molecule has 8 nitrogen and oxygen atoms in total. The molecule has 1 aromatic rings. The van der Waals surface area contributed by atoms with Gasteiger partial charge in [-0.15, -0.1) is 0 Å². The van der Waals surface area contributed by atoms with Crippen molar-refractivity contribution in [1.29, 1.82) is 0 Å². The van der Waals surface area contributed by atoms with Crippen molar-refractivity contribution in [2.75, 3.05) is 25.0 Å². The third-order valence-corrected chi connectivity index (χ3v) is 6.37. The summed E-state index contributed by atoms with van der Waals surface area (Å²) < 4.78 is 0. The molecule has 0 saturated carbocycles. The lowest BCUT2D eigenvalue weighted by atomic mass is 9.97. The van der Waals surface area contributed by atoms with Crippen LogP contribution in [-0.2, 0) is 24.1 Å². The largest absolute Gasteiger partial charge is 0.481 e. The maximum Gasteiger partial charge on any atom is 0.303 e. The highest BCUT2D eigenvalue weighted by Crippen LogP contribution is 2.33. The zero-order valence-electron chi connectivity index (χ0n) is 18.9. The SMILES string of the molecule is CC(CCN1CCCC(N=C(N)NN(C)N)CCc2cc3c(cc21)CCC3)CC(=O)O. The Morgan fingerprint density at radius 3 is 2.71 bits per heavy atom. The Labute approximate surface area is 185 Å². The quantitative estimate of drug-likeness (QED) is 0.226. The molecule has 2 unspecified atom stereocenters. The lowest BCUT2D eigenvalue weighted by Gasteiger charge is -2.28. The van der Waals surface area contributed by atoms with Crippen molar-refractivity contribution in [3.63, 3.8) is 0 Å². The number of fused-ring (bicyclic) bond motifs is 2. The number of aliphatic carboxylic acids is 1. The molecule has 6 N–H and O–H groups in total. The van der Waals surface area contributed by atoms with E-state index in [1.807, 2.05) is 6.92 Å². The molecule has 3 rings (SSSR count). The van der Waals surface area contributed by atoms with E-state index in [0.29, 0.717) is 5.96 Å².